The number of methoxy groups -OCH3 is 2. The Bertz CT molecular complexity index is 5460. The third kappa shape index (κ3) is 35.4. The van der Waals surface area contributed by atoms with E-state index in [0.29, 0.717) is 119 Å². The zero-order valence-corrected chi connectivity index (χ0v) is 82.4. The summed E-state index contributed by atoms with van der Waals surface area (Å²) in [4.78, 5) is 177. The van der Waals surface area contributed by atoms with Gasteiger partial charge in [0.2, 0.25) is 0 Å². The molecule has 7 amide bonds. The molecule has 0 aliphatic carbocycles. The Morgan fingerprint density at radius 3 is 1.01 bits per heavy atom. The van der Waals surface area contributed by atoms with Crippen molar-refractivity contribution in [1.82, 2.24) is 80.1 Å². The number of nitrogens with one attached hydrogen (secondary N) is 5. The van der Waals surface area contributed by atoms with Crippen molar-refractivity contribution in [3.8, 4) is 20.9 Å². The Kier molecular flexibility index (Phi) is 38.7. The predicted octanol–water partition coefficient (Wildman–Crippen LogP) is 12.6. The number of carbonyl (C=O) groups is 10. The van der Waals surface area contributed by atoms with E-state index in [1.807, 2.05) is 151 Å². The minimum atomic E-state index is -1.10. The number of esters is 2. The molecule has 7 aromatic heterocycles. The summed E-state index contributed by atoms with van der Waals surface area (Å²) < 4.78 is 35.8. The molecular weight excluding hydrogens is 1830 g/mol. The average molecular weight is 1950 g/mol. The van der Waals surface area contributed by atoms with Crippen LogP contribution in [0.4, 0.5) is 70.0 Å². The van der Waals surface area contributed by atoms with Crippen LogP contribution in [-0.2, 0) is 33.2 Å². The first kappa shape index (κ1) is 107. The van der Waals surface area contributed by atoms with E-state index in [2.05, 4.69) is 90.8 Å². The molecule has 0 bridgehead atoms. The number of nitrogens with two attached hydrogens (primary N) is 1. The molecule has 5 aliphatic heterocycles. The highest BCUT2D eigenvalue weighted by Gasteiger charge is 2.32. The summed E-state index contributed by atoms with van der Waals surface area (Å²) in [5.41, 5.74) is 7.78. The van der Waals surface area contributed by atoms with Gasteiger partial charge in [0.05, 0.1) is 98.9 Å². The number of aromatic nitrogens is 10. The second-order valence-electron chi connectivity index (χ2n) is 35.9. The van der Waals surface area contributed by atoms with Gasteiger partial charge in [0, 0.05) is 141 Å². The lowest BCUT2D eigenvalue weighted by Gasteiger charge is -2.36. The van der Waals surface area contributed by atoms with Crippen LogP contribution in [0.15, 0.2) is 133 Å². The van der Waals surface area contributed by atoms with Crippen molar-refractivity contribution >= 4 is 140 Å². The van der Waals surface area contributed by atoms with Gasteiger partial charge in [-0.15, -0.1) is 22.7 Å². The summed E-state index contributed by atoms with van der Waals surface area (Å²) in [6.45, 7) is 41.1. The molecule has 5 fully saturated rings. The fourth-order valence-corrected chi connectivity index (χ4v) is 14.4. The number of amides is 7. The molecule has 45 heteroatoms. The monoisotopic (exact) mass is 1950 g/mol. The zero-order chi connectivity index (χ0) is 100.0. The van der Waals surface area contributed by atoms with Crippen molar-refractivity contribution in [2.24, 2.45) is 0 Å². The van der Waals surface area contributed by atoms with Crippen LogP contribution >= 0.6 is 34.3 Å². The largest absolute Gasteiger partial charge is 0.476 e. The van der Waals surface area contributed by atoms with Crippen molar-refractivity contribution in [1.29, 1.82) is 0 Å². The van der Waals surface area contributed by atoms with Crippen molar-refractivity contribution in [2.45, 2.75) is 132 Å². The number of nitrogens with zero attached hydrogens (tertiary/aromatic N) is 18. The second-order valence-corrected chi connectivity index (χ2v) is 38.2. The highest BCUT2D eigenvalue weighted by atomic mass is 35.5. The van der Waals surface area contributed by atoms with Gasteiger partial charge in [0.15, 0.2) is 17.1 Å². The number of aromatic carboxylic acids is 1. The number of halogens is 1. The summed E-state index contributed by atoms with van der Waals surface area (Å²) in [5, 5.41) is 27.9. The van der Waals surface area contributed by atoms with Gasteiger partial charge >= 0.3 is 48.4 Å². The van der Waals surface area contributed by atoms with Gasteiger partial charge in [-0.25, -0.2) is 88.2 Å². The maximum absolute atomic E-state index is 13.2. The van der Waals surface area contributed by atoms with Gasteiger partial charge in [-0.05, 0) is 162 Å². The van der Waals surface area contributed by atoms with E-state index in [9.17, 15) is 47.9 Å². The molecule has 14 rings (SSSR count). The van der Waals surface area contributed by atoms with Gasteiger partial charge in [-0.3, -0.25) is 14.9 Å². The highest BCUT2D eigenvalue weighted by Crippen LogP contribution is 2.34. The maximum atomic E-state index is 13.2. The second kappa shape index (κ2) is 49.6. The van der Waals surface area contributed by atoms with E-state index in [-0.39, 0.29) is 69.5 Å². The Morgan fingerprint density at radius 1 is 0.365 bits per heavy atom. The quantitative estimate of drug-likeness (QED) is 0.0302. The van der Waals surface area contributed by atoms with Crippen molar-refractivity contribution in [3.05, 3.63) is 167 Å². The predicted molar refractivity (Wildman–Crippen MR) is 520 cm³/mol. The molecule has 5 saturated heterocycles. The van der Waals surface area contributed by atoms with E-state index in [1.165, 1.54) is 63.8 Å². The van der Waals surface area contributed by atoms with Crippen molar-refractivity contribution in [3.63, 3.8) is 0 Å². The molecule has 0 saturated carbocycles. The third-order valence-electron chi connectivity index (χ3n) is 19.4. The molecule has 736 valence electrons. The minimum absolute atomic E-state index is 0.0869. The first-order valence-corrected chi connectivity index (χ1v) is 46.1. The number of ether oxygens (including phenoxy) is 7. The van der Waals surface area contributed by atoms with E-state index >= 15 is 0 Å². The number of carboxylic acids is 1. The number of carboxylic acid groups (broad SMARTS) is 1. The lowest BCUT2D eigenvalue weighted by Crippen LogP contribution is -2.50. The third-order valence-corrected chi connectivity index (χ3v) is 21.5. The lowest BCUT2D eigenvalue weighted by atomic mass is 10.1. The number of anilines is 8. The SMILES string of the molecule is CC(C)(C)OC(=O)N1CCN(c2cnc(C(=O)O)cn2)CC1.CC(C)(C)OC(=O)N1CCNCC1.CC(C)(C)OC(=O)Nc1ccc(-c2cccs2)cc1NC(=O)c1cnc(N2CCN(C(=O)OC(C)(C)C)CC2)cn1.COC(=O)c1cnc(Cl)cn1.COC(=O)c1cnc(N2CCN(C(=O)OC(C)(C)C)CC2)cn1.Nc1ccc(-c2cccs2)cc1NC(=O)c1cnc(N2CCNCC2)cn1. The molecular formula is C92H121ClN24O18S2. The molecule has 2 aromatic carbocycles. The van der Waals surface area contributed by atoms with Gasteiger partial charge in [0.25, 0.3) is 11.8 Å². The smallest absolute Gasteiger partial charge is 0.412 e. The normalized spacial score (nSPS) is 14.5. The topological polar surface area (TPSA) is 497 Å². The first-order chi connectivity index (χ1) is 64.8. The molecule has 0 radical (unpaired) electrons. The molecule has 42 nitrogen and oxygen atoms in total. The van der Waals surface area contributed by atoms with Crippen LogP contribution < -0.4 is 51.9 Å². The number of hydrogen-bond acceptors (Lipinski definition) is 36. The Morgan fingerprint density at radius 2 is 0.686 bits per heavy atom. The molecule has 137 heavy (non-hydrogen) atoms. The van der Waals surface area contributed by atoms with Crippen molar-refractivity contribution < 1.29 is 86.2 Å². The van der Waals surface area contributed by atoms with E-state index < -0.39 is 52.3 Å². The number of nitrogen functional groups attached to an aromatic ring is 1. The number of benzene rings is 2. The van der Waals surface area contributed by atoms with Gasteiger partial charge in [-0.2, -0.15) is 0 Å². The highest BCUT2D eigenvalue weighted by molar-refractivity contribution is 7.13. The van der Waals surface area contributed by atoms with E-state index in [1.54, 1.807) is 93.6 Å². The van der Waals surface area contributed by atoms with Gasteiger partial charge in [0.1, 0.15) is 67.8 Å². The van der Waals surface area contributed by atoms with Crippen LogP contribution in [0.5, 0.6) is 0 Å². The standard InChI is InChI=1S/C29H36N6O5S.C19H20N6OS.C15H22N4O4.C14H20N4O4.C9H18N2O2.C6H5ClN2O2/c1-28(2,3)39-26(37)33-20-10-9-19(23-8-7-15-41-23)16-21(20)32-25(36)22-17-31-24(18-30-22)34-11-13-35(14-12-34)27(38)40-29(4,5)6;20-14-4-3-13(17-2-1-9-27-17)10-15(14)24-19(26)16-11-23-18(12-22-16)25-7-5-21-6-8-25;1-15(2,3)23-14(21)19-7-5-18(6-8-19)12-10-16-11(9-17-12)13(20)22-4;1-14(2,3)22-13(21)18-6-4-17(5-7-18)11-9-15-10(8-16-11)12(19)20;1-9(2,3)13-8(12)11-6-4-10-5-7-11;1-11-6(10)4-2-9-5(7)3-8-4/h7-10,15-18H,11-14H2,1-6H3,(H,32,36)(H,33,37);1-4,9-12,21H,5-8,20H2,(H,24,26);9-10H,5-8H2,1-4H3;8-9H,4-7H2,1-3H3,(H,19,20);10H,4-7H2,1-3H3;2-3H,1H3. The van der Waals surface area contributed by atoms with Gasteiger partial charge in [-0.1, -0.05) is 35.9 Å². The first-order valence-electron chi connectivity index (χ1n) is 44.0. The summed E-state index contributed by atoms with van der Waals surface area (Å²) in [6, 6.07) is 18.9. The molecule has 8 N–H and O–H groups in total. The Balaban J connectivity index is 0.000000193. The molecule has 0 spiro atoms. The molecule has 0 atom stereocenters. The number of thiophene rings is 2. The van der Waals surface area contributed by atoms with Crippen LogP contribution in [0, 0.1) is 0 Å². The van der Waals surface area contributed by atoms with Crippen LogP contribution in [0.3, 0.4) is 0 Å². The van der Waals surface area contributed by atoms with Crippen LogP contribution in [-0.4, -0.2) is 308 Å². The zero-order valence-electron chi connectivity index (χ0n) is 80.1. The average Bonchev–Trinajstić information content (AvgIpc) is 1.76. The van der Waals surface area contributed by atoms with Crippen LogP contribution in [0.25, 0.3) is 20.9 Å². The number of hydrogen-bond donors (Lipinski definition) is 7. The van der Waals surface area contributed by atoms with E-state index in [4.69, 9.17) is 46.1 Å². The number of piperazine rings is 5. The molecule has 9 aromatic rings. The maximum Gasteiger partial charge on any atom is 0.412 e. The van der Waals surface area contributed by atoms with Gasteiger partial charge < -0.3 is 104 Å². The Labute approximate surface area is 808 Å². The molecule has 0 unspecified atom stereocenters. The minimum Gasteiger partial charge on any atom is -0.476 e. The molecule has 5 aliphatic rings. The van der Waals surface area contributed by atoms with Crippen molar-refractivity contribution in [2.75, 3.05) is 186 Å². The summed E-state index contributed by atoms with van der Waals surface area (Å²) >= 11 is 8.64. The fourth-order valence-electron chi connectivity index (χ4n) is 12.8. The number of carbonyl (C=O) groups excluding carboxylic acids is 9. The van der Waals surface area contributed by atoms with E-state index in [0.717, 1.165) is 79.1 Å². The summed E-state index contributed by atoms with van der Waals surface area (Å²) in [7, 11) is 2.58. The molecule has 12 heterocycles. The fraction of sp³-hybridized carbons (Fsp3) is 0.457. The summed E-state index contributed by atoms with van der Waals surface area (Å²) in [5.74, 6) is -0.277. The number of rotatable bonds is 14. The lowest BCUT2D eigenvalue weighted by molar-refractivity contribution is 0.0221. The Hall–Kier alpha value is -13.9. The van der Waals surface area contributed by atoms with Crippen LogP contribution in [0.2, 0.25) is 5.15 Å². The van der Waals surface area contributed by atoms with Crippen LogP contribution in [0.1, 0.15) is 156 Å². The summed E-state index contributed by atoms with van der Waals surface area (Å²) in [6.07, 6.45) is 12.5.